The van der Waals surface area contributed by atoms with Crippen molar-refractivity contribution in [2.24, 2.45) is 5.92 Å². The fourth-order valence-electron chi connectivity index (χ4n) is 6.21. The predicted octanol–water partition coefficient (Wildman–Crippen LogP) is 7.21. The van der Waals surface area contributed by atoms with Crippen LogP contribution in [-0.4, -0.2) is 33.6 Å². The lowest BCUT2D eigenvalue weighted by molar-refractivity contribution is -0.160. The normalized spacial score (nSPS) is 17.7. The van der Waals surface area contributed by atoms with Gasteiger partial charge in [0, 0.05) is 24.7 Å². The highest BCUT2D eigenvalue weighted by molar-refractivity contribution is 5.85. The number of rotatable bonds is 6. The number of amides is 2. The summed E-state index contributed by atoms with van der Waals surface area (Å²) < 4.78 is 6.17. The molecule has 1 heterocycles. The van der Waals surface area contributed by atoms with Crippen LogP contribution in [0.1, 0.15) is 99.3 Å². The Hall–Kier alpha value is -2.86. The molecule has 0 spiro atoms. The molecule has 0 aromatic heterocycles. The Labute approximate surface area is 227 Å². The Morgan fingerprint density at radius 3 is 2.11 bits per heavy atom. The molecule has 0 radical (unpaired) electrons. The molecule has 2 aromatic carbocycles. The quantitative estimate of drug-likeness (QED) is 0.422. The summed E-state index contributed by atoms with van der Waals surface area (Å²) in [4.78, 5) is 27.9. The first-order valence-electron chi connectivity index (χ1n) is 14.0. The van der Waals surface area contributed by atoms with Gasteiger partial charge in [0.1, 0.15) is 0 Å². The summed E-state index contributed by atoms with van der Waals surface area (Å²) in [7, 11) is 0. The number of aryl methyl sites for hydroxylation is 1. The van der Waals surface area contributed by atoms with Crippen LogP contribution in [0.15, 0.2) is 24.3 Å². The topological polar surface area (TPSA) is 78.9 Å². The van der Waals surface area contributed by atoms with Crippen LogP contribution in [0, 0.1) is 26.7 Å². The fourth-order valence-corrected chi connectivity index (χ4v) is 6.21. The van der Waals surface area contributed by atoms with E-state index >= 15 is 0 Å². The number of urea groups is 1. The highest BCUT2D eigenvalue weighted by Crippen LogP contribution is 2.43. The number of carboxylic acid groups (broad SMARTS) is 1. The molecule has 6 heteroatoms. The molecule has 6 nitrogen and oxygen atoms in total. The van der Waals surface area contributed by atoms with E-state index in [0.29, 0.717) is 24.6 Å². The van der Waals surface area contributed by atoms with Crippen LogP contribution in [-0.2, 0) is 22.6 Å². The molecule has 0 saturated heterocycles. The fraction of sp³-hybridized carbons (Fsp3) is 0.562. The van der Waals surface area contributed by atoms with Crippen molar-refractivity contribution in [3.63, 3.8) is 0 Å². The van der Waals surface area contributed by atoms with Gasteiger partial charge in [-0.2, -0.15) is 0 Å². The van der Waals surface area contributed by atoms with Crippen molar-refractivity contribution >= 4 is 12.0 Å². The average molecular weight is 521 g/mol. The summed E-state index contributed by atoms with van der Waals surface area (Å²) in [5, 5.41) is 13.6. The third-order valence-corrected chi connectivity index (χ3v) is 8.31. The van der Waals surface area contributed by atoms with Crippen molar-refractivity contribution in [3.05, 3.63) is 57.6 Å². The number of carbonyl (C=O) groups excluding carboxylic acids is 1. The number of nitrogens with one attached hydrogen (secondary N) is 1. The number of hydrogen-bond acceptors (Lipinski definition) is 3. The van der Waals surface area contributed by atoms with Gasteiger partial charge in [-0.25, -0.2) is 9.59 Å². The van der Waals surface area contributed by atoms with Crippen molar-refractivity contribution in [3.8, 4) is 11.1 Å². The van der Waals surface area contributed by atoms with E-state index < -0.39 is 17.7 Å². The molecule has 1 aliphatic heterocycles. The average Bonchev–Trinajstić information content (AvgIpc) is 3.32. The first-order chi connectivity index (χ1) is 17.9. The summed E-state index contributed by atoms with van der Waals surface area (Å²) in [5.41, 5.74) is 7.11. The van der Waals surface area contributed by atoms with Crippen molar-refractivity contribution in [1.82, 2.24) is 10.2 Å². The lowest BCUT2D eigenvalue weighted by Gasteiger charge is -2.30. The van der Waals surface area contributed by atoms with Crippen LogP contribution in [0.25, 0.3) is 11.1 Å². The number of hydrogen-bond donors (Lipinski definition) is 2. The van der Waals surface area contributed by atoms with Crippen LogP contribution < -0.4 is 5.32 Å². The van der Waals surface area contributed by atoms with Crippen molar-refractivity contribution in [2.45, 2.75) is 111 Å². The number of fused-ring (bicyclic) bond motifs is 1. The van der Waals surface area contributed by atoms with Crippen molar-refractivity contribution in [2.75, 3.05) is 0 Å². The summed E-state index contributed by atoms with van der Waals surface area (Å²) in [6.07, 6.45) is 5.00. The van der Waals surface area contributed by atoms with Gasteiger partial charge < -0.3 is 20.1 Å². The second-order valence-electron chi connectivity index (χ2n) is 12.3. The molecule has 38 heavy (non-hydrogen) atoms. The zero-order chi connectivity index (χ0) is 27.8. The van der Waals surface area contributed by atoms with Crippen LogP contribution >= 0.6 is 0 Å². The predicted molar refractivity (Wildman–Crippen MR) is 151 cm³/mol. The maximum absolute atomic E-state index is 13.4. The molecule has 1 aliphatic carbocycles. The third-order valence-electron chi connectivity index (χ3n) is 8.31. The van der Waals surface area contributed by atoms with Gasteiger partial charge in [-0.3, -0.25) is 0 Å². The summed E-state index contributed by atoms with van der Waals surface area (Å²) in [6.45, 7) is 14.8. The largest absolute Gasteiger partial charge is 0.479 e. The van der Waals surface area contributed by atoms with Gasteiger partial charge in [-0.05, 0) is 101 Å². The Morgan fingerprint density at radius 1 is 0.974 bits per heavy atom. The van der Waals surface area contributed by atoms with E-state index in [1.165, 1.54) is 32.1 Å². The van der Waals surface area contributed by atoms with E-state index in [-0.39, 0.29) is 12.1 Å². The highest BCUT2D eigenvalue weighted by Gasteiger charge is 2.36. The van der Waals surface area contributed by atoms with Gasteiger partial charge in [-0.1, -0.05) is 49.1 Å². The van der Waals surface area contributed by atoms with Gasteiger partial charge in [0.2, 0.25) is 0 Å². The van der Waals surface area contributed by atoms with Crippen molar-refractivity contribution in [1.29, 1.82) is 0 Å². The molecule has 2 N–H and O–H groups in total. The van der Waals surface area contributed by atoms with Crippen LogP contribution in [0.2, 0.25) is 0 Å². The van der Waals surface area contributed by atoms with Gasteiger partial charge in [0.15, 0.2) is 6.10 Å². The second-order valence-corrected chi connectivity index (χ2v) is 12.3. The molecule has 1 saturated carbocycles. The molecule has 2 aromatic rings. The zero-order valence-electron chi connectivity index (χ0n) is 24.1. The number of carboxylic acids is 1. The SMILES string of the molecule is Cc1ccc(-c2c(C)c3c(c(C)c2C(OC(C)(C)C)C(=O)O)CN(C(=O)NC(C)C2CCCCC2)C3)cc1. The van der Waals surface area contributed by atoms with Crippen LogP contribution in [0.5, 0.6) is 0 Å². The highest BCUT2D eigenvalue weighted by atomic mass is 16.5. The number of carbonyl (C=O) groups is 2. The minimum atomic E-state index is -1.12. The lowest BCUT2D eigenvalue weighted by atomic mass is 9.83. The molecule has 2 amide bonds. The van der Waals surface area contributed by atoms with Gasteiger partial charge in [0.05, 0.1) is 5.60 Å². The van der Waals surface area contributed by atoms with Gasteiger partial charge >= 0.3 is 12.0 Å². The van der Waals surface area contributed by atoms with Crippen LogP contribution in [0.4, 0.5) is 4.79 Å². The lowest BCUT2D eigenvalue weighted by Crippen LogP contribution is -2.44. The third kappa shape index (κ3) is 5.90. The second kappa shape index (κ2) is 11.1. The number of benzene rings is 2. The molecule has 0 bridgehead atoms. The Kier molecular flexibility index (Phi) is 8.22. The number of nitrogens with zero attached hydrogens (tertiary/aromatic N) is 1. The van der Waals surface area contributed by atoms with Crippen LogP contribution in [0.3, 0.4) is 0 Å². The molecule has 2 atom stereocenters. The number of aliphatic carboxylic acids is 1. The summed E-state index contributed by atoms with van der Waals surface area (Å²) in [6, 6.07) is 8.30. The van der Waals surface area contributed by atoms with E-state index in [0.717, 1.165) is 38.9 Å². The number of ether oxygens (including phenoxy) is 1. The monoisotopic (exact) mass is 520 g/mol. The minimum Gasteiger partial charge on any atom is -0.479 e. The summed E-state index contributed by atoms with van der Waals surface area (Å²) >= 11 is 0. The van der Waals surface area contributed by atoms with E-state index in [4.69, 9.17) is 4.74 Å². The van der Waals surface area contributed by atoms with Gasteiger partial charge in [0.25, 0.3) is 0 Å². The standard InChI is InChI=1S/C32H44N2O4/c1-19-13-15-24(16-14-19)27-20(2)25-17-34(31(37)33-22(4)23-11-9-8-10-12-23)18-26(25)21(3)28(27)29(30(35)36)38-32(5,6)7/h13-16,22-23,29H,8-12,17-18H2,1-7H3,(H,33,37)(H,35,36). The Morgan fingerprint density at radius 2 is 1.55 bits per heavy atom. The molecule has 2 unspecified atom stereocenters. The smallest absolute Gasteiger partial charge is 0.337 e. The first-order valence-corrected chi connectivity index (χ1v) is 14.0. The van der Waals surface area contributed by atoms with E-state index in [1.54, 1.807) is 0 Å². The molecule has 206 valence electrons. The maximum atomic E-state index is 13.4. The first kappa shape index (κ1) is 28.2. The van der Waals surface area contributed by atoms with E-state index in [1.807, 2.05) is 63.8 Å². The Balaban J connectivity index is 1.74. The summed E-state index contributed by atoms with van der Waals surface area (Å²) in [5.74, 6) is -0.476. The maximum Gasteiger partial charge on any atom is 0.337 e. The molecule has 4 rings (SSSR count). The molecular weight excluding hydrogens is 476 g/mol. The molecule has 1 fully saturated rings. The minimum absolute atomic E-state index is 0.0442. The molecule has 2 aliphatic rings. The zero-order valence-corrected chi connectivity index (χ0v) is 24.1. The molecular formula is C32H44N2O4. The van der Waals surface area contributed by atoms with Gasteiger partial charge in [-0.15, -0.1) is 0 Å². The Bertz CT molecular complexity index is 1190. The van der Waals surface area contributed by atoms with E-state index in [9.17, 15) is 14.7 Å². The van der Waals surface area contributed by atoms with E-state index in [2.05, 4.69) is 19.2 Å². The van der Waals surface area contributed by atoms with Crippen molar-refractivity contribution < 1.29 is 19.4 Å².